The van der Waals surface area contributed by atoms with Crippen LogP contribution in [-0.4, -0.2) is 39.2 Å². The number of rotatable bonds is 4. The number of hydrogen-bond acceptors (Lipinski definition) is 3. The minimum atomic E-state index is -0.811. The topological polar surface area (TPSA) is 57.5 Å². The first-order valence-electron chi connectivity index (χ1n) is 8.45. The zero-order valence-corrected chi connectivity index (χ0v) is 15.2. The van der Waals surface area contributed by atoms with Crippen molar-refractivity contribution in [1.29, 1.82) is 0 Å². The van der Waals surface area contributed by atoms with Gasteiger partial charge in [-0.2, -0.15) is 0 Å². The van der Waals surface area contributed by atoms with E-state index in [0.29, 0.717) is 6.42 Å². The van der Waals surface area contributed by atoms with Gasteiger partial charge in [-0.1, -0.05) is 0 Å². The number of fused-ring (bicyclic) bond motifs is 2. The highest BCUT2D eigenvalue weighted by Crippen LogP contribution is 2.34. The normalized spacial score (nSPS) is 16.5. The van der Waals surface area contributed by atoms with Gasteiger partial charge in [0.15, 0.2) is 0 Å². The van der Waals surface area contributed by atoms with Crippen molar-refractivity contribution in [2.24, 2.45) is 7.05 Å². The third-order valence-corrected chi connectivity index (χ3v) is 5.14. The van der Waals surface area contributed by atoms with Gasteiger partial charge in [-0.25, -0.2) is 0 Å². The predicted molar refractivity (Wildman–Crippen MR) is 96.1 cm³/mol. The SMILES string of the molecule is CNC(Cc1cn(C)c2cc3c(cc12)CN(C(C)(C)C)C3)C(=O)O. The number of benzene rings is 1. The molecule has 1 aliphatic rings. The average Bonchev–Trinajstić information content (AvgIpc) is 3.04. The van der Waals surface area contributed by atoms with Crippen LogP contribution in [0, 0.1) is 0 Å². The molecule has 0 fully saturated rings. The second kappa shape index (κ2) is 5.90. The molecule has 3 rings (SSSR count). The van der Waals surface area contributed by atoms with Crippen LogP contribution in [0.3, 0.4) is 0 Å². The lowest BCUT2D eigenvalue weighted by Gasteiger charge is -2.31. The van der Waals surface area contributed by atoms with E-state index in [1.54, 1.807) is 7.05 Å². The molecule has 2 N–H and O–H groups in total. The molecule has 5 nitrogen and oxygen atoms in total. The summed E-state index contributed by atoms with van der Waals surface area (Å²) in [6.45, 7) is 8.66. The Labute approximate surface area is 143 Å². The number of nitrogens with one attached hydrogen (secondary N) is 1. The minimum Gasteiger partial charge on any atom is -0.480 e. The lowest BCUT2D eigenvalue weighted by molar-refractivity contribution is -0.139. The summed E-state index contributed by atoms with van der Waals surface area (Å²) < 4.78 is 2.11. The van der Waals surface area contributed by atoms with E-state index in [1.165, 1.54) is 22.0 Å². The number of aryl methyl sites for hydroxylation is 1. The van der Waals surface area contributed by atoms with Gasteiger partial charge in [0, 0.05) is 49.2 Å². The van der Waals surface area contributed by atoms with Gasteiger partial charge in [-0.15, -0.1) is 0 Å². The van der Waals surface area contributed by atoms with Crippen LogP contribution in [-0.2, 0) is 31.4 Å². The third kappa shape index (κ3) is 2.94. The number of aliphatic carboxylic acids is 1. The monoisotopic (exact) mass is 329 g/mol. The summed E-state index contributed by atoms with van der Waals surface area (Å²) in [4.78, 5) is 13.8. The largest absolute Gasteiger partial charge is 0.480 e. The number of aromatic nitrogens is 1. The van der Waals surface area contributed by atoms with Crippen LogP contribution in [0.1, 0.15) is 37.5 Å². The maximum atomic E-state index is 11.3. The summed E-state index contributed by atoms with van der Waals surface area (Å²) >= 11 is 0. The van der Waals surface area contributed by atoms with Gasteiger partial charge in [0.05, 0.1) is 0 Å². The van der Waals surface area contributed by atoms with Crippen molar-refractivity contribution in [2.45, 2.75) is 51.9 Å². The number of nitrogens with zero attached hydrogens (tertiary/aromatic N) is 2. The van der Waals surface area contributed by atoms with Crippen molar-refractivity contribution in [3.63, 3.8) is 0 Å². The van der Waals surface area contributed by atoms with E-state index in [9.17, 15) is 9.90 Å². The molecule has 0 amide bonds. The Morgan fingerprint density at radius 2 is 1.92 bits per heavy atom. The fourth-order valence-corrected chi connectivity index (χ4v) is 3.53. The molecule has 5 heteroatoms. The Balaban J connectivity index is 1.99. The maximum Gasteiger partial charge on any atom is 0.321 e. The zero-order chi connectivity index (χ0) is 17.6. The van der Waals surface area contributed by atoms with Gasteiger partial charge in [0.2, 0.25) is 0 Å². The van der Waals surface area contributed by atoms with Crippen molar-refractivity contribution in [2.75, 3.05) is 7.05 Å². The smallest absolute Gasteiger partial charge is 0.321 e. The van der Waals surface area contributed by atoms with Crippen molar-refractivity contribution in [1.82, 2.24) is 14.8 Å². The lowest BCUT2D eigenvalue weighted by atomic mass is 10.0. The summed E-state index contributed by atoms with van der Waals surface area (Å²) in [7, 11) is 3.73. The molecule has 130 valence electrons. The Hall–Kier alpha value is -1.85. The van der Waals surface area contributed by atoms with Crippen LogP contribution in [0.4, 0.5) is 0 Å². The molecule has 2 heterocycles. The summed E-state index contributed by atoms with van der Waals surface area (Å²) in [5, 5.41) is 13.4. The first-order valence-corrected chi connectivity index (χ1v) is 8.45. The minimum absolute atomic E-state index is 0.147. The molecule has 0 bridgehead atoms. The number of hydrogen-bond donors (Lipinski definition) is 2. The summed E-state index contributed by atoms with van der Waals surface area (Å²) in [6, 6.07) is 3.98. The Kier molecular flexibility index (Phi) is 4.18. The first kappa shape index (κ1) is 17.0. The molecular weight excluding hydrogens is 302 g/mol. The molecule has 24 heavy (non-hydrogen) atoms. The number of carbonyl (C=O) groups is 1. The van der Waals surface area contributed by atoms with Gasteiger partial charge in [-0.3, -0.25) is 9.69 Å². The highest BCUT2D eigenvalue weighted by molar-refractivity contribution is 5.87. The van der Waals surface area contributed by atoms with Crippen molar-refractivity contribution < 1.29 is 9.90 Å². The Morgan fingerprint density at radius 3 is 2.46 bits per heavy atom. The molecule has 0 saturated carbocycles. The fraction of sp³-hybridized carbons (Fsp3) is 0.526. The number of carboxylic acid groups (broad SMARTS) is 1. The van der Waals surface area contributed by atoms with Crippen LogP contribution in [0.2, 0.25) is 0 Å². The van der Waals surface area contributed by atoms with Crippen molar-refractivity contribution in [3.8, 4) is 0 Å². The van der Waals surface area contributed by atoms with Crippen LogP contribution in [0.25, 0.3) is 10.9 Å². The molecule has 2 aromatic rings. The molecule has 0 spiro atoms. The number of likely N-dealkylation sites (N-methyl/N-ethyl adjacent to an activating group) is 1. The molecular formula is C19H27N3O2. The molecule has 0 radical (unpaired) electrons. The highest BCUT2D eigenvalue weighted by atomic mass is 16.4. The lowest BCUT2D eigenvalue weighted by Crippen LogP contribution is -2.36. The Morgan fingerprint density at radius 1 is 1.29 bits per heavy atom. The molecule has 0 aliphatic carbocycles. The van der Waals surface area contributed by atoms with Crippen LogP contribution in [0.5, 0.6) is 0 Å². The summed E-state index contributed by atoms with van der Waals surface area (Å²) in [5.41, 5.74) is 5.16. The van der Waals surface area contributed by atoms with Gasteiger partial charge >= 0.3 is 5.97 Å². The molecule has 1 aromatic heterocycles. The molecule has 1 aromatic carbocycles. The van der Waals surface area contributed by atoms with Gasteiger partial charge < -0.3 is 15.0 Å². The zero-order valence-electron chi connectivity index (χ0n) is 15.2. The van der Waals surface area contributed by atoms with Gasteiger partial charge in [-0.05, 0) is 56.6 Å². The second-order valence-corrected chi connectivity index (χ2v) is 7.81. The van der Waals surface area contributed by atoms with E-state index in [2.05, 4.69) is 53.9 Å². The average molecular weight is 329 g/mol. The van der Waals surface area contributed by atoms with Crippen molar-refractivity contribution in [3.05, 3.63) is 35.0 Å². The quantitative estimate of drug-likeness (QED) is 0.905. The first-order chi connectivity index (χ1) is 11.2. The van der Waals surface area contributed by atoms with Crippen molar-refractivity contribution >= 4 is 16.9 Å². The fourth-order valence-electron chi connectivity index (χ4n) is 3.53. The predicted octanol–water partition coefficient (Wildman–Crippen LogP) is 2.51. The van der Waals surface area contributed by atoms with E-state index >= 15 is 0 Å². The van der Waals surface area contributed by atoms with E-state index < -0.39 is 12.0 Å². The van der Waals surface area contributed by atoms with E-state index in [4.69, 9.17) is 0 Å². The third-order valence-electron chi connectivity index (χ3n) is 5.14. The van der Waals surface area contributed by atoms with Crippen LogP contribution in [0.15, 0.2) is 18.3 Å². The van der Waals surface area contributed by atoms with E-state index in [0.717, 1.165) is 18.7 Å². The highest BCUT2D eigenvalue weighted by Gasteiger charge is 2.29. The van der Waals surface area contributed by atoms with Gasteiger partial charge in [0.1, 0.15) is 6.04 Å². The summed E-state index contributed by atoms with van der Waals surface area (Å²) in [5.74, 6) is -0.811. The van der Waals surface area contributed by atoms with E-state index in [-0.39, 0.29) is 5.54 Å². The molecule has 1 unspecified atom stereocenters. The molecule has 0 saturated heterocycles. The second-order valence-electron chi connectivity index (χ2n) is 7.81. The van der Waals surface area contributed by atoms with Crippen LogP contribution < -0.4 is 5.32 Å². The number of carboxylic acids is 1. The van der Waals surface area contributed by atoms with Crippen LogP contribution >= 0.6 is 0 Å². The molecule has 1 aliphatic heterocycles. The van der Waals surface area contributed by atoms with Gasteiger partial charge in [0.25, 0.3) is 0 Å². The molecule has 1 atom stereocenters. The Bertz CT molecular complexity index is 786. The summed E-state index contributed by atoms with van der Waals surface area (Å²) in [6.07, 6.45) is 2.56. The maximum absolute atomic E-state index is 11.3. The standard InChI is InChI=1S/C19H27N3O2/c1-19(2,3)22-10-12-6-15-14(7-16(20-4)18(23)24)9-21(5)17(15)8-13(12)11-22/h6,8-9,16,20H,7,10-11H2,1-5H3,(H,23,24). The van der Waals surface area contributed by atoms with E-state index in [1.807, 2.05) is 7.05 Å².